The molecule has 0 radical (unpaired) electrons. The zero-order chi connectivity index (χ0) is 18.4. The number of nitrogens with zero attached hydrogens (tertiary/aromatic N) is 3. The molecule has 2 heterocycles. The normalized spacial score (nSPS) is 18.0. The van der Waals surface area contributed by atoms with Crippen LogP contribution in [0, 0.1) is 12.8 Å². The summed E-state index contributed by atoms with van der Waals surface area (Å²) in [5, 5.41) is 7.04. The van der Waals surface area contributed by atoms with Crippen molar-refractivity contribution in [2.45, 2.75) is 26.3 Å². The molecule has 7 heteroatoms. The van der Waals surface area contributed by atoms with Gasteiger partial charge in [0.1, 0.15) is 0 Å². The fraction of sp³-hybridized carbons (Fsp3) is 0.526. The van der Waals surface area contributed by atoms with Crippen LogP contribution in [-0.4, -0.2) is 54.3 Å². The van der Waals surface area contributed by atoms with Crippen molar-refractivity contribution in [2.24, 2.45) is 5.92 Å². The molecule has 0 saturated carbocycles. The smallest absolute Gasteiger partial charge is 0.241 e. The second-order valence-corrected chi connectivity index (χ2v) is 6.68. The zero-order valence-electron chi connectivity index (χ0n) is 15.4. The Bertz CT molecular complexity index is 731. The lowest BCUT2D eigenvalue weighted by Gasteiger charge is -2.30. The minimum atomic E-state index is -0.000587. The first kappa shape index (κ1) is 18.5. The molecule has 0 aliphatic carbocycles. The van der Waals surface area contributed by atoms with E-state index < -0.39 is 0 Å². The average molecular weight is 358 g/mol. The van der Waals surface area contributed by atoms with E-state index in [2.05, 4.69) is 20.4 Å². The van der Waals surface area contributed by atoms with Gasteiger partial charge < -0.3 is 14.6 Å². The number of nitrogens with one attached hydrogen (secondary N) is 1. The number of likely N-dealkylation sites (tertiary alicyclic amines) is 1. The van der Waals surface area contributed by atoms with Crippen LogP contribution in [0.25, 0.3) is 11.4 Å². The Hall–Kier alpha value is -2.25. The summed E-state index contributed by atoms with van der Waals surface area (Å²) in [5.74, 6) is 1.30. The molecule has 1 aliphatic heterocycles. The number of benzene rings is 1. The van der Waals surface area contributed by atoms with Gasteiger partial charge in [0.25, 0.3) is 0 Å². The minimum Gasteiger partial charge on any atom is -0.383 e. The van der Waals surface area contributed by atoms with Crippen molar-refractivity contribution in [3.05, 3.63) is 35.7 Å². The van der Waals surface area contributed by atoms with Crippen LogP contribution in [0.5, 0.6) is 0 Å². The van der Waals surface area contributed by atoms with E-state index in [9.17, 15) is 4.79 Å². The zero-order valence-corrected chi connectivity index (χ0v) is 15.4. The Morgan fingerprint density at radius 3 is 3.08 bits per heavy atom. The summed E-state index contributed by atoms with van der Waals surface area (Å²) >= 11 is 0. The third kappa shape index (κ3) is 4.68. The first-order valence-corrected chi connectivity index (χ1v) is 9.05. The van der Waals surface area contributed by atoms with Gasteiger partial charge in [-0.05, 0) is 31.9 Å². The van der Waals surface area contributed by atoms with Crippen molar-refractivity contribution in [3.8, 4) is 11.4 Å². The molecule has 0 bridgehead atoms. The maximum atomic E-state index is 12.3. The number of amides is 1. The lowest BCUT2D eigenvalue weighted by Crippen LogP contribution is -2.43. The van der Waals surface area contributed by atoms with Crippen LogP contribution in [0.3, 0.4) is 0 Å². The molecule has 7 nitrogen and oxygen atoms in total. The Labute approximate surface area is 153 Å². The highest BCUT2D eigenvalue weighted by Crippen LogP contribution is 2.22. The van der Waals surface area contributed by atoms with E-state index in [1.54, 1.807) is 7.11 Å². The van der Waals surface area contributed by atoms with Gasteiger partial charge in [0, 0.05) is 25.8 Å². The van der Waals surface area contributed by atoms with E-state index in [-0.39, 0.29) is 11.8 Å². The number of carbonyl (C=O) groups excluding carboxylic acids is 1. The van der Waals surface area contributed by atoms with Crippen molar-refractivity contribution in [2.75, 3.05) is 33.4 Å². The van der Waals surface area contributed by atoms with Gasteiger partial charge in [0.15, 0.2) is 0 Å². The van der Waals surface area contributed by atoms with Gasteiger partial charge in [-0.25, -0.2) is 0 Å². The van der Waals surface area contributed by atoms with E-state index in [0.717, 1.165) is 30.5 Å². The van der Waals surface area contributed by atoms with Gasteiger partial charge in [-0.2, -0.15) is 4.98 Å². The molecule has 1 amide bonds. The summed E-state index contributed by atoms with van der Waals surface area (Å²) in [7, 11) is 1.63. The number of aromatic nitrogens is 2. The quantitative estimate of drug-likeness (QED) is 0.763. The summed E-state index contributed by atoms with van der Waals surface area (Å²) < 4.78 is 10.4. The fourth-order valence-corrected chi connectivity index (χ4v) is 3.28. The standard InChI is InChI=1S/C19H26N4O3/c1-14-6-3-4-8-16(14)18-21-17(26-22-18)13-23-10-5-7-15(12-23)19(24)20-9-11-25-2/h3-4,6,8,15H,5,7,9-13H2,1-2H3,(H,20,24). The highest BCUT2D eigenvalue weighted by atomic mass is 16.5. The first-order valence-electron chi connectivity index (χ1n) is 9.05. The van der Waals surface area contributed by atoms with Crippen LogP contribution in [-0.2, 0) is 16.1 Å². The van der Waals surface area contributed by atoms with Gasteiger partial charge >= 0.3 is 0 Å². The fourth-order valence-electron chi connectivity index (χ4n) is 3.28. The number of rotatable bonds is 7. The van der Waals surface area contributed by atoms with E-state index in [1.165, 1.54) is 0 Å². The topological polar surface area (TPSA) is 80.5 Å². The molecule has 1 saturated heterocycles. The molecule has 1 aromatic heterocycles. The van der Waals surface area contributed by atoms with Gasteiger partial charge in [-0.1, -0.05) is 29.4 Å². The van der Waals surface area contributed by atoms with Crippen molar-refractivity contribution in [1.29, 1.82) is 0 Å². The molecule has 2 aromatic rings. The Morgan fingerprint density at radius 1 is 1.42 bits per heavy atom. The number of piperidine rings is 1. The lowest BCUT2D eigenvalue weighted by molar-refractivity contribution is -0.127. The Balaban J connectivity index is 1.57. The van der Waals surface area contributed by atoms with Crippen LogP contribution in [0.2, 0.25) is 0 Å². The van der Waals surface area contributed by atoms with Gasteiger partial charge in [-0.3, -0.25) is 9.69 Å². The number of aryl methyl sites for hydroxylation is 1. The van der Waals surface area contributed by atoms with Crippen LogP contribution >= 0.6 is 0 Å². The van der Waals surface area contributed by atoms with E-state index in [0.29, 0.717) is 38.0 Å². The second-order valence-electron chi connectivity index (χ2n) is 6.68. The molecule has 1 aliphatic rings. The summed E-state index contributed by atoms with van der Waals surface area (Å²) in [6, 6.07) is 7.98. The van der Waals surface area contributed by atoms with Crippen molar-refractivity contribution in [3.63, 3.8) is 0 Å². The molecule has 26 heavy (non-hydrogen) atoms. The van der Waals surface area contributed by atoms with Gasteiger partial charge in [-0.15, -0.1) is 0 Å². The lowest BCUT2D eigenvalue weighted by atomic mass is 9.97. The molecule has 1 fully saturated rings. The Morgan fingerprint density at radius 2 is 2.27 bits per heavy atom. The van der Waals surface area contributed by atoms with E-state index in [4.69, 9.17) is 9.26 Å². The number of hydrogen-bond donors (Lipinski definition) is 1. The SMILES string of the molecule is COCCNC(=O)C1CCCN(Cc2nc(-c3ccccc3C)no2)C1. The van der Waals surface area contributed by atoms with Crippen LogP contribution in [0.15, 0.2) is 28.8 Å². The summed E-state index contributed by atoms with van der Waals surface area (Å²) in [6.07, 6.45) is 1.90. The summed E-state index contributed by atoms with van der Waals surface area (Å²) in [5.41, 5.74) is 2.10. The first-order chi connectivity index (χ1) is 12.7. The number of carbonyl (C=O) groups is 1. The average Bonchev–Trinajstić information content (AvgIpc) is 3.10. The van der Waals surface area contributed by atoms with Crippen molar-refractivity contribution >= 4 is 5.91 Å². The van der Waals surface area contributed by atoms with E-state index >= 15 is 0 Å². The number of hydrogen-bond acceptors (Lipinski definition) is 6. The molecule has 140 valence electrons. The third-order valence-electron chi connectivity index (χ3n) is 4.69. The number of methoxy groups -OCH3 is 1. The predicted octanol–water partition coefficient (Wildman–Crippen LogP) is 2.02. The molecule has 1 unspecified atom stereocenters. The van der Waals surface area contributed by atoms with Crippen molar-refractivity contribution in [1.82, 2.24) is 20.4 Å². The Kier molecular flexibility index (Phi) is 6.35. The summed E-state index contributed by atoms with van der Waals surface area (Å²) in [4.78, 5) is 19.0. The second kappa shape index (κ2) is 8.91. The minimum absolute atomic E-state index is 0.000587. The van der Waals surface area contributed by atoms with Crippen LogP contribution < -0.4 is 5.32 Å². The molecule has 3 rings (SSSR count). The molecular weight excluding hydrogens is 332 g/mol. The number of ether oxygens (including phenoxy) is 1. The maximum absolute atomic E-state index is 12.3. The van der Waals surface area contributed by atoms with Gasteiger partial charge in [0.2, 0.25) is 17.6 Å². The highest BCUT2D eigenvalue weighted by Gasteiger charge is 2.26. The van der Waals surface area contributed by atoms with E-state index in [1.807, 2.05) is 31.2 Å². The molecular formula is C19H26N4O3. The molecule has 0 spiro atoms. The maximum Gasteiger partial charge on any atom is 0.241 e. The molecule has 1 aromatic carbocycles. The monoisotopic (exact) mass is 358 g/mol. The predicted molar refractivity (Wildman–Crippen MR) is 97.4 cm³/mol. The largest absolute Gasteiger partial charge is 0.383 e. The highest BCUT2D eigenvalue weighted by molar-refractivity contribution is 5.78. The van der Waals surface area contributed by atoms with Crippen LogP contribution in [0.4, 0.5) is 0 Å². The molecule has 1 N–H and O–H groups in total. The van der Waals surface area contributed by atoms with Crippen LogP contribution in [0.1, 0.15) is 24.3 Å². The molecule has 1 atom stereocenters. The van der Waals surface area contributed by atoms with Gasteiger partial charge in [0.05, 0.1) is 19.1 Å². The third-order valence-corrected chi connectivity index (χ3v) is 4.69. The van der Waals surface area contributed by atoms with Crippen molar-refractivity contribution < 1.29 is 14.1 Å². The summed E-state index contributed by atoms with van der Waals surface area (Å²) in [6.45, 7) is 5.33.